The topological polar surface area (TPSA) is 24.7 Å². The van der Waals surface area contributed by atoms with Crippen LogP contribution in [0.5, 0.6) is 0 Å². The Bertz CT molecular complexity index is 2360. The number of nitrogens with zero attached hydrogens (tertiary/aromatic N) is 2. The van der Waals surface area contributed by atoms with Gasteiger partial charge in [0.2, 0.25) is 0 Å². The van der Waals surface area contributed by atoms with Crippen molar-refractivity contribution in [3.05, 3.63) is 203 Å². The zero-order valence-electron chi connectivity index (χ0n) is 28.0. The van der Waals surface area contributed by atoms with Crippen molar-refractivity contribution in [2.45, 2.75) is 0 Å². The fourth-order valence-electron chi connectivity index (χ4n) is 7.23. The van der Waals surface area contributed by atoms with Crippen LogP contribution >= 0.6 is 23.2 Å². The van der Waals surface area contributed by atoms with Gasteiger partial charge >= 0.3 is 0 Å². The van der Waals surface area contributed by atoms with Gasteiger partial charge in [0, 0.05) is 48.8 Å². The average molecular weight is 706 g/mol. The molecule has 52 heavy (non-hydrogen) atoms. The molecule has 0 heterocycles. The molecule has 0 atom stereocenters. The summed E-state index contributed by atoms with van der Waals surface area (Å²) in [7, 11) is 0. The molecule has 9 rings (SSSR count). The smallest absolute Gasteiger partial charge is 0.0979 e. The van der Waals surface area contributed by atoms with Crippen molar-refractivity contribution in [3.63, 3.8) is 0 Å². The van der Waals surface area contributed by atoms with E-state index in [0.717, 1.165) is 89.2 Å². The van der Waals surface area contributed by atoms with Gasteiger partial charge in [0.1, 0.15) is 0 Å². The molecular weight excluding hydrogens is 675 g/mol. The minimum absolute atomic E-state index is 0.647. The second-order valence-corrected chi connectivity index (χ2v) is 13.7. The summed E-state index contributed by atoms with van der Waals surface area (Å²) in [6.07, 6.45) is 0. The van der Waals surface area contributed by atoms with Gasteiger partial charge < -0.3 is 0 Å². The molecule has 0 N–H and O–H groups in total. The van der Waals surface area contributed by atoms with E-state index in [1.165, 1.54) is 0 Å². The van der Waals surface area contributed by atoms with Crippen molar-refractivity contribution in [2.75, 3.05) is 0 Å². The standard InChI is InChI=1S/C48H30Cl2N2/c49-36-27-40(31-15-5-1-6-16-31)45(41(28-36)32-17-7-2-8-18-32)51-47-38-25-13-23-35-24-14-26-39(44(35)38)48(47)52-46-42(33-19-9-3-10-20-33)29-37(50)30-43(46)34-21-11-4-12-22-34/h1-30H. The first-order chi connectivity index (χ1) is 25.6. The molecule has 0 saturated carbocycles. The van der Waals surface area contributed by atoms with Crippen LogP contribution in [0.4, 0.5) is 11.4 Å². The van der Waals surface area contributed by atoms with Crippen molar-refractivity contribution in [1.82, 2.24) is 0 Å². The van der Waals surface area contributed by atoms with E-state index in [-0.39, 0.29) is 0 Å². The SMILES string of the molecule is Clc1cc(-c2ccccc2)c(N=C2C(=Nc3c(-c4ccccc4)cc(Cl)cc3-c3ccccc3)c3cccc4cccc2c34)c(-c2ccccc2)c1. The highest BCUT2D eigenvalue weighted by Gasteiger charge is 2.29. The van der Waals surface area contributed by atoms with Gasteiger partial charge in [-0.2, -0.15) is 0 Å². The van der Waals surface area contributed by atoms with Crippen LogP contribution in [0.15, 0.2) is 192 Å². The van der Waals surface area contributed by atoms with Crippen LogP contribution in [-0.4, -0.2) is 11.4 Å². The van der Waals surface area contributed by atoms with Crippen LogP contribution in [-0.2, 0) is 0 Å². The van der Waals surface area contributed by atoms with E-state index in [1.807, 2.05) is 97.1 Å². The van der Waals surface area contributed by atoms with Crippen LogP contribution in [0, 0.1) is 0 Å². The molecule has 0 bridgehead atoms. The Balaban J connectivity index is 1.39. The predicted molar refractivity (Wildman–Crippen MR) is 221 cm³/mol. The number of halogens is 2. The van der Waals surface area contributed by atoms with Crippen molar-refractivity contribution < 1.29 is 0 Å². The normalized spacial score (nSPS) is 13.7. The Morgan fingerprint density at radius 3 is 0.923 bits per heavy atom. The van der Waals surface area contributed by atoms with E-state index in [4.69, 9.17) is 33.2 Å². The number of rotatable bonds is 6. The second kappa shape index (κ2) is 13.6. The first kappa shape index (κ1) is 31.9. The maximum atomic E-state index is 6.89. The van der Waals surface area contributed by atoms with E-state index in [9.17, 15) is 0 Å². The van der Waals surface area contributed by atoms with E-state index in [2.05, 4.69) is 84.9 Å². The van der Waals surface area contributed by atoms with Crippen molar-refractivity contribution in [3.8, 4) is 44.5 Å². The molecule has 0 aromatic heterocycles. The molecule has 4 heteroatoms. The Morgan fingerprint density at radius 1 is 0.308 bits per heavy atom. The third-order valence-corrected chi connectivity index (χ3v) is 10.0. The number of hydrogen-bond donors (Lipinski definition) is 0. The summed E-state index contributed by atoms with van der Waals surface area (Å²) >= 11 is 13.8. The summed E-state index contributed by atoms with van der Waals surface area (Å²) in [5.41, 5.74) is 13.3. The molecule has 246 valence electrons. The highest BCUT2D eigenvalue weighted by Crippen LogP contribution is 2.46. The largest absolute Gasteiger partial charge is 0.245 e. The Hall–Kier alpha value is -6.06. The average Bonchev–Trinajstić information content (AvgIpc) is 3.49. The third kappa shape index (κ3) is 5.82. The molecular formula is C48H30Cl2N2. The summed E-state index contributed by atoms with van der Waals surface area (Å²) in [5.74, 6) is 0. The van der Waals surface area contributed by atoms with E-state index in [0.29, 0.717) is 10.0 Å². The minimum atomic E-state index is 0.647. The lowest BCUT2D eigenvalue weighted by atomic mass is 9.95. The lowest BCUT2D eigenvalue weighted by molar-refractivity contribution is 1.47. The lowest BCUT2D eigenvalue weighted by Crippen LogP contribution is -2.11. The first-order valence-corrected chi connectivity index (χ1v) is 18.0. The molecule has 0 amide bonds. The summed E-state index contributed by atoms with van der Waals surface area (Å²) in [6, 6.07) is 62.2. The quantitative estimate of drug-likeness (QED) is 0.165. The van der Waals surface area contributed by atoms with Crippen molar-refractivity contribution >= 4 is 56.8 Å². The molecule has 0 spiro atoms. The zero-order valence-corrected chi connectivity index (χ0v) is 29.5. The van der Waals surface area contributed by atoms with Crippen molar-refractivity contribution in [2.24, 2.45) is 9.98 Å². The number of aliphatic imine (C=N–C) groups is 2. The van der Waals surface area contributed by atoms with Crippen molar-refractivity contribution in [1.29, 1.82) is 0 Å². The highest BCUT2D eigenvalue weighted by molar-refractivity contribution is 6.61. The molecule has 0 fully saturated rings. The maximum absolute atomic E-state index is 6.89. The van der Waals surface area contributed by atoms with Gasteiger partial charge in [-0.3, -0.25) is 0 Å². The van der Waals surface area contributed by atoms with Gasteiger partial charge in [-0.1, -0.05) is 181 Å². The van der Waals surface area contributed by atoms with Gasteiger partial charge in [-0.15, -0.1) is 0 Å². The molecule has 0 saturated heterocycles. The van der Waals surface area contributed by atoms with Crippen LogP contribution in [0.3, 0.4) is 0 Å². The predicted octanol–water partition coefficient (Wildman–Crippen LogP) is 14.1. The summed E-state index contributed by atoms with van der Waals surface area (Å²) in [4.78, 5) is 11.4. The molecule has 2 nitrogen and oxygen atoms in total. The molecule has 0 aliphatic heterocycles. The minimum Gasteiger partial charge on any atom is -0.245 e. The zero-order chi connectivity index (χ0) is 35.0. The molecule has 8 aromatic carbocycles. The third-order valence-electron chi connectivity index (χ3n) is 9.58. The molecule has 0 unspecified atom stereocenters. The Morgan fingerprint density at radius 2 is 0.615 bits per heavy atom. The van der Waals surface area contributed by atoms with Gasteiger partial charge in [0.15, 0.2) is 0 Å². The lowest BCUT2D eigenvalue weighted by Gasteiger charge is -2.16. The number of benzene rings is 8. The first-order valence-electron chi connectivity index (χ1n) is 17.2. The van der Waals surface area contributed by atoms with Gasteiger partial charge in [0.05, 0.1) is 22.8 Å². The summed E-state index contributed by atoms with van der Waals surface area (Å²) in [6.45, 7) is 0. The van der Waals surface area contributed by atoms with Crippen LogP contribution in [0.25, 0.3) is 55.3 Å². The highest BCUT2D eigenvalue weighted by atomic mass is 35.5. The fraction of sp³-hybridized carbons (Fsp3) is 0. The summed E-state index contributed by atoms with van der Waals surface area (Å²) in [5, 5.41) is 3.57. The fourth-order valence-corrected chi connectivity index (χ4v) is 7.67. The van der Waals surface area contributed by atoms with Crippen LogP contribution in [0.2, 0.25) is 10.0 Å². The monoisotopic (exact) mass is 704 g/mol. The van der Waals surface area contributed by atoms with E-state index in [1.54, 1.807) is 0 Å². The summed E-state index contributed by atoms with van der Waals surface area (Å²) < 4.78 is 0. The number of hydrogen-bond acceptors (Lipinski definition) is 2. The van der Waals surface area contributed by atoms with Crippen LogP contribution < -0.4 is 0 Å². The molecule has 0 radical (unpaired) electrons. The maximum Gasteiger partial charge on any atom is 0.0979 e. The molecule has 1 aliphatic carbocycles. The van der Waals surface area contributed by atoms with Gasteiger partial charge in [-0.25, -0.2) is 9.98 Å². The van der Waals surface area contributed by atoms with Gasteiger partial charge in [-0.05, 0) is 51.9 Å². The second-order valence-electron chi connectivity index (χ2n) is 12.8. The van der Waals surface area contributed by atoms with E-state index < -0.39 is 0 Å². The van der Waals surface area contributed by atoms with Gasteiger partial charge in [0.25, 0.3) is 0 Å². The molecule has 1 aliphatic rings. The Labute approximate surface area is 313 Å². The van der Waals surface area contributed by atoms with E-state index >= 15 is 0 Å². The van der Waals surface area contributed by atoms with Crippen LogP contribution in [0.1, 0.15) is 11.1 Å². The Kier molecular flexibility index (Phi) is 8.33. The molecule has 8 aromatic rings.